The fourth-order valence-electron chi connectivity index (χ4n) is 4.56. The van der Waals surface area contributed by atoms with Crippen molar-refractivity contribution in [3.8, 4) is 11.5 Å². The summed E-state index contributed by atoms with van der Waals surface area (Å²) in [5.41, 5.74) is 2.78. The lowest BCUT2D eigenvalue weighted by Gasteiger charge is -2.29. The van der Waals surface area contributed by atoms with Crippen LogP contribution in [0.4, 0.5) is 0 Å². The minimum Gasteiger partial charge on any atom is -0.497 e. The van der Waals surface area contributed by atoms with Crippen molar-refractivity contribution in [2.45, 2.75) is 38.9 Å². The van der Waals surface area contributed by atoms with Gasteiger partial charge < -0.3 is 19.7 Å². The largest absolute Gasteiger partial charge is 0.497 e. The van der Waals surface area contributed by atoms with E-state index in [1.54, 1.807) is 14.2 Å². The average molecular weight is 509 g/mol. The molecule has 0 saturated carbocycles. The fourth-order valence-corrected chi connectivity index (χ4v) is 5.36. The minimum atomic E-state index is -0.101. The summed E-state index contributed by atoms with van der Waals surface area (Å²) in [5.74, 6) is 1.45. The molecule has 1 amide bonds. The second-order valence-corrected chi connectivity index (χ2v) is 10.0. The number of carbonyl (C=O) groups excluding carboxylic acids is 1. The molecule has 1 aliphatic rings. The summed E-state index contributed by atoms with van der Waals surface area (Å²) in [6.07, 6.45) is 2.51. The monoisotopic (exact) mass is 508 g/mol. The molecule has 1 saturated heterocycles. The van der Waals surface area contributed by atoms with Crippen LogP contribution < -0.4 is 14.8 Å². The Balaban J connectivity index is 1.47. The van der Waals surface area contributed by atoms with Gasteiger partial charge in [-0.15, -0.1) is 11.3 Å². The lowest BCUT2D eigenvalue weighted by Crippen LogP contribution is -2.33. The van der Waals surface area contributed by atoms with Gasteiger partial charge >= 0.3 is 0 Å². The molecule has 192 valence electrons. The van der Waals surface area contributed by atoms with Gasteiger partial charge in [0.15, 0.2) is 0 Å². The van der Waals surface area contributed by atoms with Crippen LogP contribution in [0.1, 0.15) is 52.4 Å². The highest BCUT2D eigenvalue weighted by Gasteiger charge is 2.21. The molecule has 0 aliphatic carbocycles. The van der Waals surface area contributed by atoms with Crippen LogP contribution in [0.5, 0.6) is 11.5 Å². The number of thiazole rings is 1. The predicted molar refractivity (Wildman–Crippen MR) is 144 cm³/mol. The highest BCUT2D eigenvalue weighted by Crippen LogP contribution is 2.30. The molecule has 1 atom stereocenters. The molecule has 1 unspecified atom stereocenters. The summed E-state index contributed by atoms with van der Waals surface area (Å²) >= 11 is 1.53. The molecule has 8 heteroatoms. The number of hydrogen-bond acceptors (Lipinski definition) is 7. The molecule has 2 aromatic carbocycles. The van der Waals surface area contributed by atoms with E-state index in [0.717, 1.165) is 41.7 Å². The summed E-state index contributed by atoms with van der Waals surface area (Å²) in [7, 11) is 3.33. The van der Waals surface area contributed by atoms with Crippen molar-refractivity contribution in [1.29, 1.82) is 0 Å². The van der Waals surface area contributed by atoms with Gasteiger partial charge in [0.1, 0.15) is 22.2 Å². The number of hydrogen-bond donors (Lipinski definition) is 1. The van der Waals surface area contributed by atoms with Crippen LogP contribution in [0, 0.1) is 0 Å². The van der Waals surface area contributed by atoms with Crippen LogP contribution in [0.25, 0.3) is 0 Å². The van der Waals surface area contributed by atoms with E-state index in [1.165, 1.54) is 29.7 Å². The molecule has 1 N–H and O–H groups in total. The van der Waals surface area contributed by atoms with Gasteiger partial charge in [-0.3, -0.25) is 9.69 Å². The van der Waals surface area contributed by atoms with Crippen molar-refractivity contribution in [3.05, 3.63) is 75.7 Å². The molecule has 1 aromatic heterocycles. The molecular weight excluding hydrogens is 472 g/mol. The van der Waals surface area contributed by atoms with Gasteiger partial charge in [0.2, 0.25) is 0 Å². The van der Waals surface area contributed by atoms with Crippen LogP contribution in [0.3, 0.4) is 0 Å². The SMILES string of the molecule is COc1ccc(CN(Cc2nc(C(=O)NCCN3CCCC3)cs2)C(C)c2ccccc2)c(OC)c1. The Kier molecular flexibility index (Phi) is 9.33. The quantitative estimate of drug-likeness (QED) is 0.381. The van der Waals surface area contributed by atoms with E-state index in [4.69, 9.17) is 9.47 Å². The highest BCUT2D eigenvalue weighted by molar-refractivity contribution is 7.09. The van der Waals surface area contributed by atoms with Crippen LogP contribution >= 0.6 is 11.3 Å². The van der Waals surface area contributed by atoms with Gasteiger partial charge in [-0.2, -0.15) is 0 Å². The zero-order valence-electron chi connectivity index (χ0n) is 21.4. The standard InChI is InChI=1S/C28H36N4O3S/c1-21(22-9-5-4-6-10-22)32(18-23-11-12-24(34-2)17-26(23)35-3)19-27-30-25(20-36-27)28(33)29-13-16-31-14-7-8-15-31/h4-6,9-12,17,20-21H,7-8,13-16,18-19H2,1-3H3,(H,29,33). The van der Waals surface area contributed by atoms with E-state index in [9.17, 15) is 4.79 Å². The van der Waals surface area contributed by atoms with E-state index in [2.05, 4.69) is 51.3 Å². The maximum absolute atomic E-state index is 12.7. The van der Waals surface area contributed by atoms with Crippen molar-refractivity contribution >= 4 is 17.2 Å². The number of methoxy groups -OCH3 is 2. The maximum Gasteiger partial charge on any atom is 0.270 e. The molecular formula is C28H36N4O3S. The van der Waals surface area contributed by atoms with Crippen molar-refractivity contribution in [3.63, 3.8) is 0 Å². The molecule has 0 bridgehead atoms. The lowest BCUT2D eigenvalue weighted by atomic mass is 10.1. The van der Waals surface area contributed by atoms with E-state index >= 15 is 0 Å². The molecule has 1 aliphatic heterocycles. The highest BCUT2D eigenvalue weighted by atomic mass is 32.1. The average Bonchev–Trinajstić information content (AvgIpc) is 3.61. The van der Waals surface area contributed by atoms with Crippen LogP contribution in [-0.2, 0) is 13.1 Å². The normalized spacial score (nSPS) is 14.7. The van der Waals surface area contributed by atoms with Gasteiger partial charge in [0.05, 0.1) is 20.8 Å². The molecule has 0 radical (unpaired) electrons. The summed E-state index contributed by atoms with van der Waals surface area (Å²) in [6, 6.07) is 16.5. The van der Waals surface area contributed by atoms with E-state index in [1.807, 2.05) is 29.6 Å². The van der Waals surface area contributed by atoms with Crippen molar-refractivity contribution < 1.29 is 14.3 Å². The zero-order valence-corrected chi connectivity index (χ0v) is 22.2. The Morgan fingerprint density at radius 1 is 1.11 bits per heavy atom. The van der Waals surface area contributed by atoms with Gasteiger partial charge in [0, 0.05) is 42.7 Å². The lowest BCUT2D eigenvalue weighted by molar-refractivity contribution is 0.0945. The first-order valence-electron chi connectivity index (χ1n) is 12.5. The van der Waals surface area contributed by atoms with Crippen LogP contribution in [0.2, 0.25) is 0 Å². The number of aromatic nitrogens is 1. The first-order chi connectivity index (χ1) is 17.6. The molecule has 36 heavy (non-hydrogen) atoms. The zero-order chi connectivity index (χ0) is 25.3. The molecule has 3 aromatic rings. The Labute approximate surface area is 218 Å². The fraction of sp³-hybridized carbons (Fsp3) is 0.429. The molecule has 0 spiro atoms. The van der Waals surface area contributed by atoms with Crippen molar-refractivity contribution in [1.82, 2.24) is 20.1 Å². The number of ether oxygens (including phenoxy) is 2. The number of likely N-dealkylation sites (tertiary alicyclic amines) is 1. The first kappa shape index (κ1) is 26.1. The number of carbonyl (C=O) groups is 1. The maximum atomic E-state index is 12.7. The summed E-state index contributed by atoms with van der Waals surface area (Å²) < 4.78 is 11.0. The van der Waals surface area contributed by atoms with Crippen LogP contribution in [-0.4, -0.2) is 61.1 Å². The molecule has 7 nitrogen and oxygen atoms in total. The Bertz CT molecular complexity index is 1110. The third-order valence-corrected chi connectivity index (χ3v) is 7.57. The Morgan fingerprint density at radius 3 is 2.61 bits per heavy atom. The van der Waals surface area contributed by atoms with Crippen molar-refractivity contribution in [2.24, 2.45) is 0 Å². The number of amides is 1. The summed E-state index contributed by atoms with van der Waals surface area (Å²) in [4.78, 5) is 22.1. The number of nitrogens with zero attached hydrogens (tertiary/aromatic N) is 3. The van der Waals surface area contributed by atoms with E-state index in [-0.39, 0.29) is 11.9 Å². The van der Waals surface area contributed by atoms with Crippen LogP contribution in [0.15, 0.2) is 53.9 Å². The number of nitrogens with one attached hydrogen (secondary N) is 1. The third-order valence-electron chi connectivity index (χ3n) is 6.73. The molecule has 2 heterocycles. The Hall–Kier alpha value is -2.94. The second-order valence-electron chi connectivity index (χ2n) is 9.10. The topological polar surface area (TPSA) is 66.9 Å². The van der Waals surface area contributed by atoms with Gasteiger partial charge in [-0.05, 0) is 44.5 Å². The third kappa shape index (κ3) is 6.84. The van der Waals surface area contributed by atoms with Crippen molar-refractivity contribution in [2.75, 3.05) is 40.4 Å². The summed E-state index contributed by atoms with van der Waals surface area (Å²) in [6.45, 7) is 7.30. The smallest absolute Gasteiger partial charge is 0.270 e. The Morgan fingerprint density at radius 2 is 1.89 bits per heavy atom. The predicted octanol–water partition coefficient (Wildman–Crippen LogP) is 4.75. The van der Waals surface area contributed by atoms with E-state index < -0.39 is 0 Å². The first-order valence-corrected chi connectivity index (χ1v) is 13.4. The second kappa shape index (κ2) is 12.9. The number of rotatable bonds is 12. The van der Waals surface area contributed by atoms with Gasteiger partial charge in [0.25, 0.3) is 5.91 Å². The van der Waals surface area contributed by atoms with Gasteiger partial charge in [-0.25, -0.2) is 4.98 Å². The van der Waals surface area contributed by atoms with Gasteiger partial charge in [-0.1, -0.05) is 36.4 Å². The summed E-state index contributed by atoms with van der Waals surface area (Å²) in [5, 5.41) is 5.80. The molecule has 1 fully saturated rings. The van der Waals surface area contributed by atoms with E-state index in [0.29, 0.717) is 25.3 Å². The number of benzene rings is 2. The minimum absolute atomic E-state index is 0.101. The molecule has 4 rings (SSSR count).